The maximum absolute atomic E-state index is 11.4. The zero-order chi connectivity index (χ0) is 17.5. The third-order valence-corrected chi connectivity index (χ3v) is 3.15. The van der Waals surface area contributed by atoms with Crippen LogP contribution >= 0.6 is 0 Å². The molecule has 0 aromatic rings. The lowest BCUT2D eigenvalue weighted by Gasteiger charge is -2.14. The van der Waals surface area contributed by atoms with Crippen LogP contribution < -0.4 is 0 Å². The minimum absolute atomic E-state index is 0.0261. The fourth-order valence-electron chi connectivity index (χ4n) is 1.97. The molecule has 2 aliphatic heterocycles. The van der Waals surface area contributed by atoms with Crippen LogP contribution in [0.1, 0.15) is 12.8 Å². The van der Waals surface area contributed by atoms with Crippen molar-refractivity contribution in [1.82, 2.24) is 9.96 Å². The molecule has 2 aliphatic rings. The minimum Gasteiger partial charge on any atom is -0.377 e. The fraction of sp³-hybridized carbons (Fsp3) is 0.500. The molecule has 24 heavy (non-hydrogen) atoms. The SMILES string of the molecule is O=C(COCCOCCN1C(=O)C=CC1=O)ON1C(=O)CCC1=O. The van der Waals surface area contributed by atoms with E-state index in [-0.39, 0.29) is 51.0 Å². The van der Waals surface area contributed by atoms with E-state index in [0.717, 1.165) is 4.90 Å². The van der Waals surface area contributed by atoms with Crippen LogP contribution in [-0.2, 0) is 38.3 Å². The van der Waals surface area contributed by atoms with Crippen LogP contribution in [0.15, 0.2) is 12.2 Å². The van der Waals surface area contributed by atoms with E-state index in [0.29, 0.717) is 5.06 Å². The summed E-state index contributed by atoms with van der Waals surface area (Å²) in [6.07, 6.45) is 2.43. The number of hydrogen-bond donors (Lipinski definition) is 0. The quantitative estimate of drug-likeness (QED) is 0.369. The number of ether oxygens (including phenoxy) is 2. The van der Waals surface area contributed by atoms with Crippen LogP contribution in [0, 0.1) is 0 Å². The first-order chi connectivity index (χ1) is 11.5. The Morgan fingerprint density at radius 3 is 2.12 bits per heavy atom. The summed E-state index contributed by atoms with van der Waals surface area (Å²) >= 11 is 0. The Balaban J connectivity index is 1.50. The third kappa shape index (κ3) is 4.70. The van der Waals surface area contributed by atoms with Gasteiger partial charge in [0.1, 0.15) is 6.61 Å². The van der Waals surface area contributed by atoms with Gasteiger partial charge in [0.25, 0.3) is 23.6 Å². The summed E-state index contributed by atoms with van der Waals surface area (Å²) in [4.78, 5) is 62.0. The highest BCUT2D eigenvalue weighted by atomic mass is 16.7. The summed E-state index contributed by atoms with van der Waals surface area (Å²) in [6.45, 7) is 0.0404. The van der Waals surface area contributed by atoms with E-state index in [1.165, 1.54) is 12.2 Å². The fourth-order valence-corrected chi connectivity index (χ4v) is 1.97. The number of hydrogen-bond acceptors (Lipinski definition) is 8. The van der Waals surface area contributed by atoms with Gasteiger partial charge in [0.2, 0.25) is 0 Å². The summed E-state index contributed by atoms with van der Waals surface area (Å²) in [5, 5.41) is 0.445. The summed E-state index contributed by atoms with van der Waals surface area (Å²) < 4.78 is 10.2. The Morgan fingerprint density at radius 1 is 0.917 bits per heavy atom. The second-order valence-corrected chi connectivity index (χ2v) is 4.87. The van der Waals surface area contributed by atoms with Gasteiger partial charge in [-0.2, -0.15) is 0 Å². The van der Waals surface area contributed by atoms with E-state index in [9.17, 15) is 24.0 Å². The molecule has 4 amide bonds. The Morgan fingerprint density at radius 2 is 1.50 bits per heavy atom. The zero-order valence-electron chi connectivity index (χ0n) is 12.8. The number of rotatable bonds is 9. The van der Waals surface area contributed by atoms with E-state index in [4.69, 9.17) is 9.47 Å². The largest absolute Gasteiger partial charge is 0.377 e. The highest BCUT2D eigenvalue weighted by molar-refractivity contribution is 6.12. The maximum Gasteiger partial charge on any atom is 0.358 e. The Labute approximate surface area is 136 Å². The standard InChI is InChI=1S/C14H16N2O8/c17-10-1-2-11(18)15(10)5-6-22-7-8-23-9-14(21)24-16-12(19)3-4-13(16)20/h1-2H,3-9H2. The normalized spacial score (nSPS) is 17.3. The third-order valence-electron chi connectivity index (χ3n) is 3.15. The van der Waals surface area contributed by atoms with Gasteiger partial charge in [0.05, 0.1) is 26.4 Å². The molecule has 0 saturated carbocycles. The highest BCUT2D eigenvalue weighted by Crippen LogP contribution is 2.11. The molecule has 1 saturated heterocycles. The number of imide groups is 2. The van der Waals surface area contributed by atoms with Gasteiger partial charge in [0, 0.05) is 25.0 Å². The average molecular weight is 340 g/mol. The van der Waals surface area contributed by atoms with Crippen molar-refractivity contribution in [3.05, 3.63) is 12.2 Å². The van der Waals surface area contributed by atoms with Crippen LogP contribution in [0.25, 0.3) is 0 Å². The molecule has 1 fully saturated rings. The molecule has 0 atom stereocenters. The molecule has 10 nitrogen and oxygen atoms in total. The number of amides is 4. The predicted octanol–water partition coefficient (Wildman–Crippen LogP) is -1.45. The first-order valence-corrected chi connectivity index (χ1v) is 7.24. The molecule has 0 aliphatic carbocycles. The van der Waals surface area contributed by atoms with Gasteiger partial charge in [-0.25, -0.2) is 4.79 Å². The van der Waals surface area contributed by atoms with Crippen molar-refractivity contribution in [2.24, 2.45) is 0 Å². The van der Waals surface area contributed by atoms with Crippen LogP contribution in [0.2, 0.25) is 0 Å². The van der Waals surface area contributed by atoms with E-state index in [1.54, 1.807) is 0 Å². The first-order valence-electron chi connectivity index (χ1n) is 7.24. The van der Waals surface area contributed by atoms with E-state index < -0.39 is 24.4 Å². The molecule has 0 bridgehead atoms. The van der Waals surface area contributed by atoms with Gasteiger partial charge in [-0.15, -0.1) is 5.06 Å². The van der Waals surface area contributed by atoms with Gasteiger partial charge in [0.15, 0.2) is 0 Å². The lowest BCUT2D eigenvalue weighted by Crippen LogP contribution is -2.34. The van der Waals surface area contributed by atoms with Crippen molar-refractivity contribution in [3.8, 4) is 0 Å². The van der Waals surface area contributed by atoms with Crippen molar-refractivity contribution in [2.45, 2.75) is 12.8 Å². The molecule has 2 rings (SSSR count). The minimum atomic E-state index is -0.863. The smallest absolute Gasteiger partial charge is 0.358 e. The van der Waals surface area contributed by atoms with E-state index >= 15 is 0 Å². The van der Waals surface area contributed by atoms with Crippen molar-refractivity contribution in [3.63, 3.8) is 0 Å². The molecule has 0 aromatic heterocycles. The molecule has 10 heteroatoms. The Bertz CT molecular complexity index is 551. The molecule has 0 radical (unpaired) electrons. The molecule has 0 N–H and O–H groups in total. The summed E-state index contributed by atoms with van der Waals surface area (Å²) in [5.74, 6) is -2.74. The number of nitrogens with zero attached hydrogens (tertiary/aromatic N) is 2. The first kappa shape index (κ1) is 17.8. The second kappa shape index (κ2) is 8.31. The average Bonchev–Trinajstić information content (AvgIpc) is 3.03. The van der Waals surface area contributed by atoms with Crippen LogP contribution in [-0.4, -0.2) is 72.5 Å². The van der Waals surface area contributed by atoms with Gasteiger partial charge >= 0.3 is 5.97 Å². The molecule has 0 spiro atoms. The molecule has 0 unspecified atom stereocenters. The Hall–Kier alpha value is -2.59. The van der Waals surface area contributed by atoms with Crippen LogP contribution in [0.5, 0.6) is 0 Å². The van der Waals surface area contributed by atoms with Crippen molar-refractivity contribution in [1.29, 1.82) is 0 Å². The Kier molecular flexibility index (Phi) is 6.15. The lowest BCUT2D eigenvalue weighted by molar-refractivity contribution is -0.200. The van der Waals surface area contributed by atoms with E-state index in [1.807, 2.05) is 0 Å². The summed E-state index contributed by atoms with van der Waals surface area (Å²) in [6, 6.07) is 0. The van der Waals surface area contributed by atoms with Gasteiger partial charge in [-0.05, 0) is 0 Å². The molecule has 2 heterocycles. The molecular formula is C14H16N2O8. The van der Waals surface area contributed by atoms with Crippen molar-refractivity contribution < 1.29 is 38.3 Å². The summed E-state index contributed by atoms with van der Waals surface area (Å²) in [7, 11) is 0. The van der Waals surface area contributed by atoms with Gasteiger partial charge in [-0.3, -0.25) is 24.1 Å². The van der Waals surface area contributed by atoms with Crippen LogP contribution in [0.3, 0.4) is 0 Å². The molecular weight excluding hydrogens is 324 g/mol. The molecule has 0 aromatic carbocycles. The predicted molar refractivity (Wildman–Crippen MR) is 74.7 cm³/mol. The second-order valence-electron chi connectivity index (χ2n) is 4.87. The number of carbonyl (C=O) groups is 5. The molecule has 130 valence electrons. The van der Waals surface area contributed by atoms with Crippen LogP contribution in [0.4, 0.5) is 0 Å². The van der Waals surface area contributed by atoms with Gasteiger partial charge in [-0.1, -0.05) is 0 Å². The monoisotopic (exact) mass is 340 g/mol. The number of carbonyl (C=O) groups excluding carboxylic acids is 5. The van der Waals surface area contributed by atoms with Crippen molar-refractivity contribution >= 4 is 29.6 Å². The summed E-state index contributed by atoms with van der Waals surface area (Å²) in [5.41, 5.74) is 0. The van der Waals surface area contributed by atoms with Crippen molar-refractivity contribution in [2.75, 3.05) is 33.0 Å². The zero-order valence-corrected chi connectivity index (χ0v) is 12.8. The van der Waals surface area contributed by atoms with E-state index in [2.05, 4.69) is 4.84 Å². The van der Waals surface area contributed by atoms with Gasteiger partial charge < -0.3 is 14.3 Å². The lowest BCUT2D eigenvalue weighted by atomic mass is 10.4. The maximum atomic E-state index is 11.4. The number of hydroxylamine groups is 2. The highest BCUT2D eigenvalue weighted by Gasteiger charge is 2.32. The topological polar surface area (TPSA) is 120 Å².